The zero-order valence-electron chi connectivity index (χ0n) is 20.3. The van der Waals surface area contributed by atoms with Crippen LogP contribution in [0.25, 0.3) is 44.0 Å². The molecule has 1 saturated heterocycles. The van der Waals surface area contributed by atoms with Gasteiger partial charge in [-0.1, -0.05) is 6.42 Å². The van der Waals surface area contributed by atoms with Crippen LogP contribution in [0.15, 0.2) is 47.3 Å². The quantitative estimate of drug-likeness (QED) is 0.235. The number of aromatic nitrogens is 4. The predicted octanol–water partition coefficient (Wildman–Crippen LogP) is 4.89. The highest BCUT2D eigenvalue weighted by Gasteiger charge is 2.20. The Hall–Kier alpha value is -3.91. The topological polar surface area (TPSA) is 107 Å². The maximum absolute atomic E-state index is 13.5. The van der Waals surface area contributed by atoms with E-state index in [-0.39, 0.29) is 11.3 Å². The van der Waals surface area contributed by atoms with Gasteiger partial charge in [-0.3, -0.25) is 9.89 Å². The number of hydrogen-bond donors (Lipinski definition) is 3. The molecule has 1 fully saturated rings. The molecule has 0 aliphatic carbocycles. The molecule has 3 aromatic heterocycles. The average molecular weight is 484 g/mol. The first-order chi connectivity index (χ1) is 17.6. The van der Waals surface area contributed by atoms with Crippen molar-refractivity contribution in [3.8, 4) is 22.8 Å². The molecule has 36 heavy (non-hydrogen) atoms. The fourth-order valence-electron chi connectivity index (χ4n) is 5.30. The van der Waals surface area contributed by atoms with Crippen molar-refractivity contribution in [1.29, 1.82) is 0 Å². The van der Waals surface area contributed by atoms with Gasteiger partial charge in [-0.05, 0) is 75.7 Å². The molecule has 0 radical (unpaired) electrons. The highest BCUT2D eigenvalue weighted by atomic mass is 16.5. The summed E-state index contributed by atoms with van der Waals surface area (Å²) in [5.41, 5.74) is 3.16. The van der Waals surface area contributed by atoms with Gasteiger partial charge >= 0.3 is 0 Å². The van der Waals surface area contributed by atoms with Crippen LogP contribution in [0.1, 0.15) is 31.4 Å². The summed E-state index contributed by atoms with van der Waals surface area (Å²) in [4.78, 5) is 23.7. The van der Waals surface area contributed by atoms with Crippen LogP contribution >= 0.6 is 0 Å². The molecule has 0 bridgehead atoms. The van der Waals surface area contributed by atoms with Crippen LogP contribution in [-0.2, 0) is 0 Å². The molecule has 5 aromatic rings. The summed E-state index contributed by atoms with van der Waals surface area (Å²) < 4.78 is 6.05. The second kappa shape index (κ2) is 9.28. The van der Waals surface area contributed by atoms with Gasteiger partial charge in [-0.25, -0.2) is 4.98 Å². The number of phenols is 1. The van der Waals surface area contributed by atoms with Gasteiger partial charge in [0.15, 0.2) is 5.65 Å². The number of piperidine rings is 1. The van der Waals surface area contributed by atoms with E-state index < -0.39 is 0 Å². The summed E-state index contributed by atoms with van der Waals surface area (Å²) in [5, 5.41) is 20.2. The normalized spacial score (nSPS) is 14.7. The van der Waals surface area contributed by atoms with E-state index in [2.05, 4.69) is 20.1 Å². The van der Waals surface area contributed by atoms with E-state index in [1.165, 1.54) is 32.4 Å². The van der Waals surface area contributed by atoms with Crippen LogP contribution in [0.4, 0.5) is 0 Å². The number of aromatic hydroxyl groups is 1. The molecule has 2 aromatic carbocycles. The van der Waals surface area contributed by atoms with Gasteiger partial charge in [0.1, 0.15) is 11.5 Å². The number of ether oxygens (including phenoxy) is 1. The zero-order valence-corrected chi connectivity index (χ0v) is 20.3. The van der Waals surface area contributed by atoms with E-state index in [9.17, 15) is 9.90 Å². The molecule has 0 amide bonds. The molecule has 184 valence electrons. The molecular formula is C28H29N5O3. The van der Waals surface area contributed by atoms with Gasteiger partial charge < -0.3 is 19.7 Å². The second-order valence-electron chi connectivity index (χ2n) is 9.57. The number of likely N-dealkylation sites (tertiary alicyclic amines) is 1. The summed E-state index contributed by atoms with van der Waals surface area (Å²) in [6.45, 7) is 6.00. The van der Waals surface area contributed by atoms with Gasteiger partial charge in [0.25, 0.3) is 5.56 Å². The number of nitrogens with one attached hydrogen (secondary N) is 2. The van der Waals surface area contributed by atoms with Crippen molar-refractivity contribution in [3.63, 3.8) is 0 Å². The standard InChI is InChI=1S/C28H29N5O3/c1-17-23-24-21-11-10-20(36-15-5-14-33-12-3-2-4-13-33)16-22(21)29-28(35)25(24)26(30-27(23)32-31-17)18-6-8-19(34)9-7-18/h6-11,16,34H,2-5,12-15H2,1H3,(H,29,35)(H,30,31,32). The van der Waals surface area contributed by atoms with Gasteiger partial charge in [0.2, 0.25) is 0 Å². The number of H-pyrrole nitrogens is 2. The van der Waals surface area contributed by atoms with Crippen molar-refractivity contribution in [2.24, 2.45) is 0 Å². The lowest BCUT2D eigenvalue weighted by atomic mass is 9.98. The number of rotatable bonds is 6. The molecule has 8 heteroatoms. The molecule has 0 spiro atoms. The van der Waals surface area contributed by atoms with Crippen LogP contribution < -0.4 is 10.3 Å². The van der Waals surface area contributed by atoms with E-state index >= 15 is 0 Å². The molecule has 0 saturated carbocycles. The number of benzene rings is 2. The SMILES string of the molecule is Cc1[nH]nc2nc(-c3ccc(O)cc3)c3c(=O)[nH]c4cc(OCCCN5CCCCC5)ccc4c3c12. The zero-order chi connectivity index (χ0) is 24.6. The van der Waals surface area contributed by atoms with Gasteiger partial charge in [-0.2, -0.15) is 5.10 Å². The summed E-state index contributed by atoms with van der Waals surface area (Å²) in [6, 6.07) is 12.6. The third-order valence-corrected chi connectivity index (χ3v) is 7.10. The molecule has 0 atom stereocenters. The Morgan fingerprint density at radius 3 is 2.64 bits per heavy atom. The van der Waals surface area contributed by atoms with Gasteiger partial charge in [-0.15, -0.1) is 0 Å². The van der Waals surface area contributed by atoms with Crippen LogP contribution in [-0.4, -0.2) is 56.4 Å². The van der Waals surface area contributed by atoms with Gasteiger partial charge in [0.05, 0.1) is 28.6 Å². The smallest absolute Gasteiger partial charge is 0.258 e. The van der Waals surface area contributed by atoms with Crippen molar-refractivity contribution >= 4 is 32.7 Å². The fraction of sp³-hybridized carbons (Fsp3) is 0.321. The largest absolute Gasteiger partial charge is 0.508 e. The van der Waals surface area contributed by atoms with Crippen molar-refractivity contribution in [2.75, 3.05) is 26.2 Å². The highest BCUT2D eigenvalue weighted by Crippen LogP contribution is 2.36. The maximum Gasteiger partial charge on any atom is 0.258 e. The Bertz CT molecular complexity index is 1610. The van der Waals surface area contributed by atoms with Crippen LogP contribution in [0.2, 0.25) is 0 Å². The Balaban J connectivity index is 1.40. The molecule has 4 heterocycles. The highest BCUT2D eigenvalue weighted by molar-refractivity contribution is 6.21. The van der Waals surface area contributed by atoms with Crippen LogP contribution in [0, 0.1) is 6.92 Å². The Labute approximate surface area is 207 Å². The van der Waals surface area contributed by atoms with E-state index in [1.807, 2.05) is 25.1 Å². The molecule has 1 aliphatic rings. The molecule has 8 nitrogen and oxygen atoms in total. The lowest BCUT2D eigenvalue weighted by molar-refractivity contribution is 0.205. The van der Waals surface area contributed by atoms with E-state index in [4.69, 9.17) is 9.72 Å². The lowest BCUT2D eigenvalue weighted by Gasteiger charge is -2.26. The first-order valence-electron chi connectivity index (χ1n) is 12.6. The van der Waals surface area contributed by atoms with Crippen molar-refractivity contribution in [3.05, 3.63) is 58.5 Å². The summed E-state index contributed by atoms with van der Waals surface area (Å²) in [7, 11) is 0. The van der Waals surface area contributed by atoms with E-state index in [1.54, 1.807) is 24.3 Å². The number of aryl methyl sites for hydroxylation is 1. The first-order valence-corrected chi connectivity index (χ1v) is 12.6. The number of hydrogen-bond acceptors (Lipinski definition) is 6. The Kier molecular flexibility index (Phi) is 5.81. The molecule has 3 N–H and O–H groups in total. The third kappa shape index (κ3) is 4.07. The van der Waals surface area contributed by atoms with Crippen molar-refractivity contribution < 1.29 is 9.84 Å². The van der Waals surface area contributed by atoms with Crippen molar-refractivity contribution in [2.45, 2.75) is 32.6 Å². The van der Waals surface area contributed by atoms with E-state index in [0.29, 0.717) is 28.9 Å². The minimum Gasteiger partial charge on any atom is -0.508 e. The minimum atomic E-state index is -0.224. The lowest BCUT2D eigenvalue weighted by Crippen LogP contribution is -2.31. The van der Waals surface area contributed by atoms with Gasteiger partial charge in [0, 0.05) is 34.6 Å². The van der Waals surface area contributed by atoms with E-state index in [0.717, 1.165) is 46.1 Å². The fourth-order valence-corrected chi connectivity index (χ4v) is 5.30. The summed E-state index contributed by atoms with van der Waals surface area (Å²) in [5.74, 6) is 0.895. The number of nitrogens with zero attached hydrogens (tertiary/aromatic N) is 3. The Morgan fingerprint density at radius 2 is 1.83 bits per heavy atom. The van der Waals surface area contributed by atoms with Crippen LogP contribution in [0.3, 0.4) is 0 Å². The number of pyridine rings is 2. The molecule has 6 rings (SSSR count). The number of aromatic amines is 2. The molecule has 1 aliphatic heterocycles. The summed E-state index contributed by atoms with van der Waals surface area (Å²) >= 11 is 0. The first kappa shape index (κ1) is 22.5. The van der Waals surface area contributed by atoms with Crippen molar-refractivity contribution in [1.82, 2.24) is 25.1 Å². The predicted molar refractivity (Wildman–Crippen MR) is 142 cm³/mol. The van der Waals surface area contributed by atoms with Crippen LogP contribution in [0.5, 0.6) is 11.5 Å². The Morgan fingerprint density at radius 1 is 1.03 bits per heavy atom. The number of fused-ring (bicyclic) bond motifs is 5. The monoisotopic (exact) mass is 483 g/mol. The maximum atomic E-state index is 13.5. The molecular weight excluding hydrogens is 454 g/mol. The summed E-state index contributed by atoms with van der Waals surface area (Å²) in [6.07, 6.45) is 4.90. The number of phenolic OH excluding ortho intramolecular Hbond substituents is 1. The minimum absolute atomic E-state index is 0.155. The second-order valence-corrected chi connectivity index (χ2v) is 9.57. The average Bonchev–Trinajstić information content (AvgIpc) is 3.27. The molecule has 0 unspecified atom stereocenters. The third-order valence-electron chi connectivity index (χ3n) is 7.10.